The Kier molecular flexibility index (Phi) is 5.05. The minimum atomic E-state index is -0.503. The van der Waals surface area contributed by atoms with Crippen molar-refractivity contribution in [1.82, 2.24) is 15.8 Å². The monoisotopic (exact) mass is 392 g/mol. The van der Waals surface area contributed by atoms with Crippen LogP contribution in [0.2, 0.25) is 0 Å². The number of halogens is 1. The number of anilines is 1. The zero-order chi connectivity index (χ0) is 16.9. The first-order valence-corrected chi connectivity index (χ1v) is 8.33. The van der Waals surface area contributed by atoms with E-state index in [1.807, 2.05) is 18.2 Å². The van der Waals surface area contributed by atoms with Crippen LogP contribution in [0.3, 0.4) is 0 Å². The lowest BCUT2D eigenvalue weighted by Gasteiger charge is -2.35. The number of rotatable bonds is 2. The molecule has 0 radical (unpaired) electrons. The van der Waals surface area contributed by atoms with Gasteiger partial charge in [0.15, 0.2) is 10.4 Å². The van der Waals surface area contributed by atoms with Gasteiger partial charge in [0.1, 0.15) is 0 Å². The number of hydrazine groups is 1. The van der Waals surface area contributed by atoms with Gasteiger partial charge in [0.05, 0.1) is 0 Å². The number of furan rings is 1. The third-order valence-corrected chi connectivity index (χ3v) is 4.19. The average Bonchev–Trinajstić information content (AvgIpc) is 3.07. The molecule has 1 aliphatic heterocycles. The number of nitrogens with one attached hydrogen (secondary N) is 2. The largest absolute Gasteiger partial charge is 0.444 e. The van der Waals surface area contributed by atoms with Gasteiger partial charge in [-0.05, 0) is 40.2 Å². The third-order valence-electron chi connectivity index (χ3n) is 3.77. The fraction of sp³-hybridized carbons (Fsp3) is 0.250. The highest BCUT2D eigenvalue weighted by molar-refractivity contribution is 9.10. The number of urea groups is 1. The summed E-state index contributed by atoms with van der Waals surface area (Å²) in [7, 11) is 0. The van der Waals surface area contributed by atoms with E-state index >= 15 is 0 Å². The number of para-hydroxylation sites is 1. The number of carbonyl (C=O) groups excluding carboxylic acids is 2. The fourth-order valence-corrected chi connectivity index (χ4v) is 2.80. The van der Waals surface area contributed by atoms with Crippen LogP contribution in [-0.2, 0) is 0 Å². The molecule has 0 atom stereocenters. The second-order valence-electron chi connectivity index (χ2n) is 5.30. The minimum absolute atomic E-state index is 0.121. The van der Waals surface area contributed by atoms with Crippen LogP contribution in [-0.4, -0.2) is 43.0 Å². The van der Waals surface area contributed by atoms with Crippen molar-refractivity contribution in [2.75, 3.05) is 31.1 Å². The number of piperazine rings is 1. The van der Waals surface area contributed by atoms with Gasteiger partial charge in [-0.25, -0.2) is 10.2 Å². The average molecular weight is 393 g/mol. The SMILES string of the molecule is O=C(NNC(=O)N1CCN(c2ccccc2)CC1)c1ccc(Br)o1. The van der Waals surface area contributed by atoms with Gasteiger partial charge in [-0.1, -0.05) is 18.2 Å². The Bertz CT molecular complexity index is 711. The second-order valence-corrected chi connectivity index (χ2v) is 6.08. The Hall–Kier alpha value is -2.48. The first-order valence-electron chi connectivity index (χ1n) is 7.54. The van der Waals surface area contributed by atoms with Crippen molar-refractivity contribution in [1.29, 1.82) is 0 Å². The molecule has 1 aromatic heterocycles. The van der Waals surface area contributed by atoms with Crippen LogP contribution >= 0.6 is 15.9 Å². The molecule has 126 valence electrons. The number of hydrogen-bond acceptors (Lipinski definition) is 4. The van der Waals surface area contributed by atoms with E-state index in [0.29, 0.717) is 17.8 Å². The summed E-state index contributed by atoms with van der Waals surface area (Å²) in [6, 6.07) is 12.9. The lowest BCUT2D eigenvalue weighted by molar-refractivity contribution is 0.0900. The molecule has 1 saturated heterocycles. The van der Waals surface area contributed by atoms with Crippen LogP contribution < -0.4 is 15.8 Å². The molecule has 1 aliphatic rings. The molecule has 0 bridgehead atoms. The second kappa shape index (κ2) is 7.39. The van der Waals surface area contributed by atoms with E-state index in [2.05, 4.69) is 43.8 Å². The molecule has 0 aliphatic carbocycles. The first-order chi connectivity index (χ1) is 11.6. The van der Waals surface area contributed by atoms with E-state index in [0.717, 1.165) is 18.8 Å². The van der Waals surface area contributed by atoms with Gasteiger partial charge in [0.2, 0.25) is 0 Å². The van der Waals surface area contributed by atoms with Gasteiger partial charge < -0.3 is 14.2 Å². The predicted molar refractivity (Wildman–Crippen MR) is 92.6 cm³/mol. The lowest BCUT2D eigenvalue weighted by Crippen LogP contribution is -2.55. The molecule has 7 nitrogen and oxygen atoms in total. The van der Waals surface area contributed by atoms with Crippen LogP contribution in [0.4, 0.5) is 10.5 Å². The van der Waals surface area contributed by atoms with E-state index < -0.39 is 5.91 Å². The highest BCUT2D eigenvalue weighted by Gasteiger charge is 2.22. The normalized spacial score (nSPS) is 14.4. The smallest absolute Gasteiger partial charge is 0.336 e. The van der Waals surface area contributed by atoms with Crippen molar-refractivity contribution in [2.45, 2.75) is 0 Å². The molecule has 24 heavy (non-hydrogen) atoms. The van der Waals surface area contributed by atoms with Crippen molar-refractivity contribution >= 4 is 33.6 Å². The summed E-state index contributed by atoms with van der Waals surface area (Å²) in [6.07, 6.45) is 0. The number of amides is 3. The molecule has 2 N–H and O–H groups in total. The van der Waals surface area contributed by atoms with Gasteiger partial charge >= 0.3 is 11.9 Å². The molecule has 8 heteroatoms. The lowest BCUT2D eigenvalue weighted by atomic mass is 10.2. The van der Waals surface area contributed by atoms with E-state index in [1.54, 1.807) is 11.0 Å². The maximum absolute atomic E-state index is 12.1. The van der Waals surface area contributed by atoms with Gasteiger partial charge in [-0.2, -0.15) is 0 Å². The van der Waals surface area contributed by atoms with E-state index in [9.17, 15) is 9.59 Å². The first kappa shape index (κ1) is 16.4. The molecule has 0 spiro atoms. The van der Waals surface area contributed by atoms with Gasteiger partial charge in [0, 0.05) is 31.9 Å². The summed E-state index contributed by atoms with van der Waals surface area (Å²) in [6.45, 7) is 2.67. The molecular formula is C16H17BrN4O3. The van der Waals surface area contributed by atoms with Crippen LogP contribution in [0, 0.1) is 0 Å². The Morgan fingerprint density at radius 3 is 2.29 bits per heavy atom. The summed E-state index contributed by atoms with van der Waals surface area (Å²) in [5.74, 6) is -0.381. The molecule has 3 amide bonds. The molecule has 1 fully saturated rings. The van der Waals surface area contributed by atoms with Gasteiger partial charge in [0.25, 0.3) is 0 Å². The van der Waals surface area contributed by atoms with Crippen molar-refractivity contribution in [2.24, 2.45) is 0 Å². The van der Waals surface area contributed by atoms with Gasteiger partial charge in [-0.15, -0.1) is 0 Å². The van der Waals surface area contributed by atoms with Crippen molar-refractivity contribution in [3.8, 4) is 0 Å². The maximum Gasteiger partial charge on any atom is 0.336 e. The summed E-state index contributed by atoms with van der Waals surface area (Å²) >= 11 is 3.12. The van der Waals surface area contributed by atoms with Crippen LogP contribution in [0.25, 0.3) is 0 Å². The van der Waals surface area contributed by atoms with E-state index in [-0.39, 0.29) is 11.8 Å². The van der Waals surface area contributed by atoms with E-state index in [1.165, 1.54) is 6.07 Å². The van der Waals surface area contributed by atoms with Gasteiger partial charge in [-0.3, -0.25) is 10.2 Å². The quantitative estimate of drug-likeness (QED) is 0.768. The molecule has 0 saturated carbocycles. The summed E-state index contributed by atoms with van der Waals surface area (Å²) in [5, 5.41) is 0. The minimum Gasteiger partial charge on any atom is -0.444 e. The standard InChI is InChI=1S/C16H17BrN4O3/c17-14-7-6-13(24-14)15(22)18-19-16(23)21-10-8-20(9-11-21)12-4-2-1-3-5-12/h1-7H,8-11H2,(H,18,22)(H,19,23). The highest BCUT2D eigenvalue weighted by Crippen LogP contribution is 2.15. The fourth-order valence-electron chi connectivity index (χ4n) is 2.49. The molecule has 1 aromatic carbocycles. The third kappa shape index (κ3) is 3.88. The van der Waals surface area contributed by atoms with Crippen molar-refractivity contribution in [3.05, 3.63) is 52.9 Å². The summed E-state index contributed by atoms with van der Waals surface area (Å²) < 4.78 is 5.57. The molecular weight excluding hydrogens is 376 g/mol. The van der Waals surface area contributed by atoms with E-state index in [4.69, 9.17) is 4.42 Å². The zero-order valence-corrected chi connectivity index (χ0v) is 14.5. The number of nitrogens with zero attached hydrogens (tertiary/aromatic N) is 2. The van der Waals surface area contributed by atoms with Crippen molar-refractivity contribution in [3.63, 3.8) is 0 Å². The molecule has 3 rings (SSSR count). The Labute approximate surface area is 147 Å². The van der Waals surface area contributed by atoms with Crippen molar-refractivity contribution < 1.29 is 14.0 Å². The predicted octanol–water partition coefficient (Wildman–Crippen LogP) is 2.22. The molecule has 2 heterocycles. The number of benzene rings is 1. The van der Waals surface area contributed by atoms with Crippen LogP contribution in [0.15, 0.2) is 51.6 Å². The topological polar surface area (TPSA) is 77.8 Å². The summed E-state index contributed by atoms with van der Waals surface area (Å²) in [4.78, 5) is 27.8. The molecule has 0 unspecified atom stereocenters. The zero-order valence-electron chi connectivity index (χ0n) is 12.9. The molecule has 2 aromatic rings. The van der Waals surface area contributed by atoms with Crippen LogP contribution in [0.5, 0.6) is 0 Å². The number of carbonyl (C=O) groups is 2. The Balaban J connectivity index is 1.46. The highest BCUT2D eigenvalue weighted by atomic mass is 79.9. The Morgan fingerprint density at radius 2 is 1.67 bits per heavy atom. The van der Waals surface area contributed by atoms with Crippen LogP contribution in [0.1, 0.15) is 10.6 Å². The number of hydrogen-bond donors (Lipinski definition) is 2. The Morgan fingerprint density at radius 1 is 0.958 bits per heavy atom. The maximum atomic E-state index is 12.1. The summed E-state index contributed by atoms with van der Waals surface area (Å²) in [5.41, 5.74) is 5.90.